The molecular formula is C10H11BrO2S2. The molecule has 0 radical (unpaired) electrons. The van der Waals surface area contributed by atoms with E-state index in [0.29, 0.717) is 12.5 Å². The van der Waals surface area contributed by atoms with Crippen LogP contribution in [0.3, 0.4) is 0 Å². The van der Waals surface area contributed by atoms with E-state index >= 15 is 0 Å². The van der Waals surface area contributed by atoms with Crippen molar-refractivity contribution in [3.8, 4) is 0 Å². The quantitative estimate of drug-likeness (QED) is 0.799. The molecule has 0 N–H and O–H groups in total. The maximum Gasteiger partial charge on any atom is 0.348 e. The second-order valence-electron chi connectivity index (χ2n) is 3.29. The van der Waals surface area contributed by atoms with Gasteiger partial charge in [-0.1, -0.05) is 0 Å². The van der Waals surface area contributed by atoms with Crippen LogP contribution < -0.4 is 0 Å². The molecule has 1 saturated heterocycles. The minimum absolute atomic E-state index is 0.180. The van der Waals surface area contributed by atoms with Crippen molar-refractivity contribution in [3.05, 3.63) is 20.3 Å². The van der Waals surface area contributed by atoms with Gasteiger partial charge in [-0.3, -0.25) is 0 Å². The predicted octanol–water partition coefficient (Wildman–Crippen LogP) is 3.52. The molecule has 1 aromatic rings. The zero-order valence-electron chi connectivity index (χ0n) is 8.29. The average molecular weight is 307 g/mol. The van der Waals surface area contributed by atoms with Crippen LogP contribution in [-0.2, 0) is 4.74 Å². The van der Waals surface area contributed by atoms with E-state index in [0.717, 1.165) is 25.7 Å². The third-order valence-corrected chi connectivity index (χ3v) is 5.18. The molecular weight excluding hydrogens is 296 g/mol. The van der Waals surface area contributed by atoms with Gasteiger partial charge in [-0.2, -0.15) is 11.8 Å². The van der Waals surface area contributed by atoms with Gasteiger partial charge in [0.25, 0.3) is 0 Å². The molecule has 0 unspecified atom stereocenters. The summed E-state index contributed by atoms with van der Waals surface area (Å²) in [7, 11) is 0. The first-order valence-electron chi connectivity index (χ1n) is 4.76. The van der Waals surface area contributed by atoms with Crippen molar-refractivity contribution in [3.63, 3.8) is 0 Å². The minimum atomic E-state index is -0.180. The van der Waals surface area contributed by atoms with Crippen molar-refractivity contribution < 1.29 is 9.53 Å². The van der Waals surface area contributed by atoms with Gasteiger partial charge >= 0.3 is 5.97 Å². The Bertz CT molecular complexity index is 371. The molecule has 1 fully saturated rings. The molecule has 2 nitrogen and oxygen atoms in total. The van der Waals surface area contributed by atoms with Crippen molar-refractivity contribution in [1.82, 2.24) is 0 Å². The first-order chi connectivity index (χ1) is 7.22. The van der Waals surface area contributed by atoms with Crippen molar-refractivity contribution in [2.45, 2.75) is 12.8 Å². The standard InChI is InChI=1S/C10H11BrO2S2/c1-2-13-10(12)9-7(3-8(11)15-9)6-4-14-5-6/h3,6H,2,4-5H2,1H3. The second kappa shape index (κ2) is 4.89. The summed E-state index contributed by atoms with van der Waals surface area (Å²) in [5.74, 6) is 2.60. The van der Waals surface area contributed by atoms with Crippen LogP contribution in [0.15, 0.2) is 9.85 Å². The molecule has 82 valence electrons. The fourth-order valence-corrected chi connectivity index (χ4v) is 3.88. The summed E-state index contributed by atoms with van der Waals surface area (Å²) in [5.41, 5.74) is 1.16. The van der Waals surface area contributed by atoms with Gasteiger partial charge < -0.3 is 4.74 Å². The largest absolute Gasteiger partial charge is 0.462 e. The number of hydrogen-bond donors (Lipinski definition) is 0. The highest BCUT2D eigenvalue weighted by atomic mass is 79.9. The number of thioether (sulfide) groups is 1. The van der Waals surface area contributed by atoms with E-state index in [1.165, 1.54) is 11.3 Å². The van der Waals surface area contributed by atoms with Gasteiger partial charge in [0, 0.05) is 17.4 Å². The highest BCUT2D eigenvalue weighted by Crippen LogP contribution is 2.40. The van der Waals surface area contributed by atoms with Crippen molar-refractivity contribution >= 4 is 45.0 Å². The summed E-state index contributed by atoms with van der Waals surface area (Å²) in [5, 5.41) is 0. The highest BCUT2D eigenvalue weighted by Gasteiger charge is 2.27. The first kappa shape index (κ1) is 11.5. The molecule has 0 atom stereocenters. The van der Waals surface area contributed by atoms with E-state index in [-0.39, 0.29) is 5.97 Å². The van der Waals surface area contributed by atoms with E-state index in [1.807, 2.05) is 18.7 Å². The predicted molar refractivity (Wildman–Crippen MR) is 68.0 cm³/mol. The van der Waals surface area contributed by atoms with Gasteiger partial charge in [0.05, 0.1) is 10.4 Å². The Balaban J connectivity index is 2.24. The van der Waals surface area contributed by atoms with E-state index in [2.05, 4.69) is 22.0 Å². The summed E-state index contributed by atoms with van der Waals surface area (Å²) in [6.07, 6.45) is 0. The molecule has 0 aliphatic carbocycles. The third-order valence-electron chi connectivity index (χ3n) is 2.27. The van der Waals surface area contributed by atoms with Crippen LogP contribution in [0.25, 0.3) is 0 Å². The molecule has 0 saturated carbocycles. The number of halogens is 1. The van der Waals surface area contributed by atoms with E-state index in [1.54, 1.807) is 0 Å². The zero-order chi connectivity index (χ0) is 10.8. The summed E-state index contributed by atoms with van der Waals surface area (Å²) < 4.78 is 6.06. The Morgan fingerprint density at radius 1 is 1.67 bits per heavy atom. The lowest BCUT2D eigenvalue weighted by atomic mass is 10.0. The maximum atomic E-state index is 11.7. The van der Waals surface area contributed by atoms with Crippen LogP contribution in [0.5, 0.6) is 0 Å². The molecule has 1 aliphatic rings. The fourth-order valence-electron chi connectivity index (χ4n) is 1.45. The Kier molecular flexibility index (Phi) is 3.74. The Morgan fingerprint density at radius 2 is 2.40 bits per heavy atom. The topological polar surface area (TPSA) is 26.3 Å². The summed E-state index contributed by atoms with van der Waals surface area (Å²) in [6.45, 7) is 2.27. The van der Waals surface area contributed by atoms with Crippen molar-refractivity contribution in [2.24, 2.45) is 0 Å². The first-order valence-corrected chi connectivity index (χ1v) is 7.53. The molecule has 2 rings (SSSR count). The Morgan fingerprint density at radius 3 is 2.93 bits per heavy atom. The molecule has 1 aromatic heterocycles. The molecule has 15 heavy (non-hydrogen) atoms. The van der Waals surface area contributed by atoms with Crippen LogP contribution >= 0.6 is 39.0 Å². The summed E-state index contributed by atoms with van der Waals surface area (Å²) in [4.78, 5) is 12.5. The normalized spacial score (nSPS) is 16.1. The maximum absolute atomic E-state index is 11.7. The van der Waals surface area contributed by atoms with E-state index in [9.17, 15) is 4.79 Å². The molecule has 0 aromatic carbocycles. The van der Waals surface area contributed by atoms with Crippen LogP contribution in [-0.4, -0.2) is 24.1 Å². The molecule has 2 heterocycles. The Hall–Kier alpha value is -0.000000000000000111. The van der Waals surface area contributed by atoms with Crippen molar-refractivity contribution in [1.29, 1.82) is 0 Å². The second-order valence-corrected chi connectivity index (χ2v) is 6.80. The van der Waals surface area contributed by atoms with E-state index < -0.39 is 0 Å². The van der Waals surface area contributed by atoms with Gasteiger partial charge in [-0.05, 0) is 34.5 Å². The smallest absolute Gasteiger partial charge is 0.348 e. The number of esters is 1. The van der Waals surface area contributed by atoms with E-state index in [4.69, 9.17) is 4.74 Å². The molecule has 0 amide bonds. The molecule has 1 aliphatic heterocycles. The number of rotatable bonds is 3. The van der Waals surface area contributed by atoms with Gasteiger partial charge in [0.2, 0.25) is 0 Å². The third kappa shape index (κ3) is 2.40. The lowest BCUT2D eigenvalue weighted by molar-refractivity contribution is 0.0530. The number of thiophene rings is 1. The van der Waals surface area contributed by atoms with Crippen molar-refractivity contribution in [2.75, 3.05) is 18.1 Å². The highest BCUT2D eigenvalue weighted by molar-refractivity contribution is 9.11. The fraction of sp³-hybridized carbons (Fsp3) is 0.500. The number of carbonyl (C=O) groups is 1. The Labute approximate surface area is 106 Å². The van der Waals surface area contributed by atoms with Gasteiger partial charge in [-0.15, -0.1) is 11.3 Å². The summed E-state index contributed by atoms with van der Waals surface area (Å²) in [6, 6.07) is 2.06. The zero-order valence-corrected chi connectivity index (χ0v) is 11.5. The van der Waals surface area contributed by atoms with Crippen LogP contribution in [0.1, 0.15) is 28.1 Å². The monoisotopic (exact) mass is 306 g/mol. The van der Waals surface area contributed by atoms with Crippen LogP contribution in [0.2, 0.25) is 0 Å². The van der Waals surface area contributed by atoms with Gasteiger partial charge in [0.1, 0.15) is 4.88 Å². The molecule has 0 spiro atoms. The number of carbonyl (C=O) groups excluding carboxylic acids is 1. The molecule has 0 bridgehead atoms. The summed E-state index contributed by atoms with van der Waals surface area (Å²) >= 11 is 6.82. The lowest BCUT2D eigenvalue weighted by Gasteiger charge is -2.24. The number of hydrogen-bond acceptors (Lipinski definition) is 4. The van der Waals surface area contributed by atoms with Crippen LogP contribution in [0, 0.1) is 0 Å². The number of ether oxygens (including phenoxy) is 1. The lowest BCUT2D eigenvalue weighted by Crippen LogP contribution is -2.18. The molecule has 5 heteroatoms. The SMILES string of the molecule is CCOC(=O)c1sc(Br)cc1C1CSC1. The van der Waals surface area contributed by atoms with Crippen LogP contribution in [0.4, 0.5) is 0 Å². The van der Waals surface area contributed by atoms with Gasteiger partial charge in [0.15, 0.2) is 0 Å². The minimum Gasteiger partial charge on any atom is -0.462 e. The average Bonchev–Trinajstić information content (AvgIpc) is 2.45. The van der Waals surface area contributed by atoms with Gasteiger partial charge in [-0.25, -0.2) is 4.79 Å².